The minimum Gasteiger partial charge on any atom is -0.481 e. The Morgan fingerprint density at radius 2 is 0.990 bits per heavy atom. The molecule has 37 heteroatoms. The molecule has 0 radical (unpaired) electrons. The zero-order chi connectivity index (χ0) is 75.3. The number of unbranched alkanes of at least 4 members (excludes halogenated alkanes) is 1. The second kappa shape index (κ2) is 45.6. The molecule has 1 aliphatic heterocycles. The lowest BCUT2D eigenvalue weighted by atomic mass is 10.00. The number of rotatable bonds is 36. The second-order valence-electron chi connectivity index (χ2n) is 25.1. The van der Waals surface area contributed by atoms with Crippen molar-refractivity contribution in [2.24, 2.45) is 52.0 Å². The molecule has 11 amide bonds. The number of aliphatic carboxylic acids is 2. The molecule has 1 aliphatic rings. The van der Waals surface area contributed by atoms with Gasteiger partial charge >= 0.3 is 23.9 Å². The van der Waals surface area contributed by atoms with Crippen molar-refractivity contribution in [1.82, 2.24) is 58.5 Å². The smallest absolute Gasteiger partial charge is 0.323 e. The maximum atomic E-state index is 14.9. The molecule has 1 heterocycles. The van der Waals surface area contributed by atoms with Crippen LogP contribution in [0.2, 0.25) is 0 Å². The summed E-state index contributed by atoms with van der Waals surface area (Å²) in [4.78, 5) is 207. The summed E-state index contributed by atoms with van der Waals surface area (Å²) in [6, 6.07) is -11.8. The van der Waals surface area contributed by atoms with Gasteiger partial charge in [0.2, 0.25) is 65.0 Å². The molecule has 2 rings (SSSR count). The number of carboxylic acids is 2. The lowest BCUT2D eigenvalue weighted by molar-refractivity contribution is -0.156. The van der Waals surface area contributed by atoms with Crippen LogP contribution in [0.5, 0.6) is 0 Å². The predicted octanol–water partition coefficient (Wildman–Crippen LogP) is -6.93. The molecule has 0 bridgehead atoms. The summed E-state index contributed by atoms with van der Waals surface area (Å²) in [6.07, 6.45) is -5.61. The Balaban J connectivity index is 2.94. The molecule has 0 unspecified atom stereocenters. The normalized spacial score (nSPS) is 21.4. The first kappa shape index (κ1) is 87.1. The lowest BCUT2D eigenvalue weighted by Gasteiger charge is -2.30. The van der Waals surface area contributed by atoms with Gasteiger partial charge in [-0.05, 0) is 115 Å². The molecule has 1 aromatic carbocycles. The highest BCUT2D eigenvalue weighted by Gasteiger charge is 2.40. The summed E-state index contributed by atoms with van der Waals surface area (Å²) >= 11 is 0. The minimum absolute atomic E-state index is 0.0227. The van der Waals surface area contributed by atoms with Gasteiger partial charge in [0.25, 0.3) is 0 Å². The fraction of sp³-hybridized carbons (Fsp3) is 0.667. The third-order valence-corrected chi connectivity index (χ3v) is 15.6. The number of nitrogens with two attached hydrogens (primary N) is 7. The number of hydrogen-bond acceptors (Lipinski definition) is 24. The highest BCUT2D eigenvalue weighted by molar-refractivity contribution is 5.99. The van der Waals surface area contributed by atoms with Crippen molar-refractivity contribution in [2.75, 3.05) is 39.3 Å². The van der Waals surface area contributed by atoms with Crippen molar-refractivity contribution in [3.8, 4) is 0 Å². The van der Waals surface area contributed by atoms with Gasteiger partial charge in [0, 0.05) is 19.4 Å². The standard InChI is InChI=1S/C63H106N18O19/c1-32(2)12-10-11-15-47(82)72-39(16-22-64)56(91)81-51(35(6)100-63(98)38(70)31-49(85)86)61(96)77-42(19-25-67)53(88)76-44-21-27-71-60(95)50(34(5)99-62(97)37(69)30-48(83)84)80-57(92)43(20-26-68)74-52(87)40(17-23-65)75-58(93)45(28-33(3)4)78-59(94)46(29-36-13-8-7-9-14-36)79-54(89)41(18-24-66)73-55(44)90/h7-9,13-14,32-35,37-46,50-51H,10-12,15-31,64-70H2,1-6H3,(H,71,95)(H,72,82)(H,73,90)(H,74,87)(H,75,93)(H,76,88)(H,77,96)(H,78,94)(H,79,89)(H,80,92)(H,81,91)(H,83,84)(H,85,86)/t34-,35-,37+,38+,39+,40+,41+,42+,43+,44+,45+,46-,50+,51+/m1/s1. The SMILES string of the molecule is CC(C)CCCCC(=O)N[C@@H](CCN)C(=O)N[C@H](C(=O)N[C@@H](CCN)C(=O)N[C@H]1CCNC(=O)[C@H]([C@@H](C)OC(=O)[C@@H](N)CC(=O)O)NC(=O)[C@H](CCN)NC(=O)[C@H](CCN)NC(=O)[C@H](CC(C)C)NC(=O)[C@@H](Cc2ccccc2)NC(=O)[C@H](CCN)NC1=O)[C@@H](C)OC(=O)[C@@H](N)CC(=O)O. The Labute approximate surface area is 580 Å². The van der Waals surface area contributed by atoms with Crippen molar-refractivity contribution in [2.45, 2.75) is 216 Å². The molecule has 0 saturated carbocycles. The number of carbonyl (C=O) groups excluding carboxylic acids is 13. The fourth-order valence-electron chi connectivity index (χ4n) is 10.2. The highest BCUT2D eigenvalue weighted by Crippen LogP contribution is 2.14. The Bertz CT molecular complexity index is 2910. The molecular weight excluding hydrogens is 1310 g/mol. The van der Waals surface area contributed by atoms with Crippen molar-refractivity contribution in [3.63, 3.8) is 0 Å². The maximum Gasteiger partial charge on any atom is 0.323 e. The molecule has 0 spiro atoms. The molecular formula is C63H106N18O19. The van der Waals surface area contributed by atoms with Crippen molar-refractivity contribution in [3.05, 3.63) is 35.9 Å². The first-order valence-corrected chi connectivity index (χ1v) is 33.4. The minimum atomic E-state index is -1.97. The molecule has 100 heavy (non-hydrogen) atoms. The van der Waals surface area contributed by atoms with E-state index in [-0.39, 0.29) is 83.6 Å². The van der Waals surface area contributed by atoms with Gasteiger partial charge in [-0.3, -0.25) is 71.9 Å². The van der Waals surface area contributed by atoms with Gasteiger partial charge in [-0.25, -0.2) is 0 Å². The molecule has 0 aliphatic carbocycles. The van der Waals surface area contributed by atoms with Crippen LogP contribution in [0.1, 0.15) is 131 Å². The number of esters is 2. The van der Waals surface area contributed by atoms with E-state index in [0.29, 0.717) is 24.3 Å². The van der Waals surface area contributed by atoms with E-state index in [0.717, 1.165) is 20.3 Å². The van der Waals surface area contributed by atoms with E-state index < -0.39 is 206 Å². The van der Waals surface area contributed by atoms with Gasteiger partial charge in [-0.15, -0.1) is 0 Å². The average molecular weight is 1420 g/mol. The number of carboxylic acid groups (broad SMARTS) is 2. The summed E-state index contributed by atoms with van der Waals surface area (Å²) in [5.41, 5.74) is 41.7. The zero-order valence-electron chi connectivity index (χ0n) is 57.6. The van der Waals surface area contributed by atoms with Gasteiger partial charge in [-0.2, -0.15) is 0 Å². The highest BCUT2D eigenvalue weighted by atomic mass is 16.6. The molecule has 14 atom stereocenters. The van der Waals surface area contributed by atoms with Crippen LogP contribution in [0.15, 0.2) is 30.3 Å². The van der Waals surface area contributed by atoms with Gasteiger partial charge in [-0.1, -0.05) is 70.9 Å². The van der Waals surface area contributed by atoms with E-state index in [4.69, 9.17) is 49.6 Å². The summed E-state index contributed by atoms with van der Waals surface area (Å²) in [7, 11) is 0. The van der Waals surface area contributed by atoms with Crippen molar-refractivity contribution >= 4 is 88.9 Å². The largest absolute Gasteiger partial charge is 0.481 e. The number of benzene rings is 1. The first-order chi connectivity index (χ1) is 47.2. The van der Waals surface area contributed by atoms with Crippen LogP contribution in [-0.2, 0) is 87.8 Å². The number of hydrogen-bond donors (Lipinski definition) is 20. The van der Waals surface area contributed by atoms with Gasteiger partial charge in [0.15, 0.2) is 0 Å². The van der Waals surface area contributed by atoms with E-state index >= 15 is 0 Å². The quantitative estimate of drug-likeness (QED) is 0.0219. The van der Waals surface area contributed by atoms with Crippen LogP contribution in [0.25, 0.3) is 0 Å². The van der Waals surface area contributed by atoms with E-state index in [1.54, 1.807) is 44.2 Å². The van der Waals surface area contributed by atoms with E-state index in [2.05, 4.69) is 58.5 Å². The average Bonchev–Trinajstić information content (AvgIpc) is 0.910. The maximum absolute atomic E-state index is 14.9. The molecule has 1 fully saturated rings. The van der Waals surface area contributed by atoms with Gasteiger partial charge in [0.05, 0.1) is 12.8 Å². The number of amides is 11. The van der Waals surface area contributed by atoms with E-state index in [9.17, 15) is 82.1 Å². The predicted molar refractivity (Wildman–Crippen MR) is 360 cm³/mol. The van der Waals surface area contributed by atoms with Crippen LogP contribution in [0.3, 0.4) is 0 Å². The Morgan fingerprint density at radius 1 is 0.520 bits per heavy atom. The van der Waals surface area contributed by atoms with Crippen LogP contribution < -0.4 is 98.6 Å². The Kier molecular flexibility index (Phi) is 39.7. The Morgan fingerprint density at radius 3 is 1.49 bits per heavy atom. The third kappa shape index (κ3) is 31.9. The lowest BCUT2D eigenvalue weighted by Crippen LogP contribution is -2.62. The van der Waals surface area contributed by atoms with E-state index in [1.807, 2.05) is 13.8 Å². The number of nitrogens with one attached hydrogen (secondary N) is 11. The van der Waals surface area contributed by atoms with Crippen molar-refractivity contribution in [1.29, 1.82) is 0 Å². The first-order valence-electron chi connectivity index (χ1n) is 33.4. The zero-order valence-corrected chi connectivity index (χ0v) is 57.6. The number of carbonyl (C=O) groups is 15. The van der Waals surface area contributed by atoms with Crippen LogP contribution in [0.4, 0.5) is 0 Å². The summed E-state index contributed by atoms with van der Waals surface area (Å²) in [6.45, 7) is 7.81. The third-order valence-electron chi connectivity index (χ3n) is 15.6. The molecule has 1 saturated heterocycles. The van der Waals surface area contributed by atoms with Crippen LogP contribution in [-0.4, -0.2) is 223 Å². The van der Waals surface area contributed by atoms with Gasteiger partial charge < -0.3 is 118 Å². The summed E-state index contributed by atoms with van der Waals surface area (Å²) < 4.78 is 10.8. The molecule has 562 valence electrons. The molecule has 0 aromatic heterocycles. The van der Waals surface area contributed by atoms with E-state index in [1.165, 1.54) is 0 Å². The molecule has 27 N–H and O–H groups in total. The topological polar surface area (TPSA) is 629 Å². The molecule has 1 aromatic rings. The Hall–Kier alpha value is -9.01. The van der Waals surface area contributed by atoms with Crippen LogP contribution in [0, 0.1) is 11.8 Å². The monoisotopic (exact) mass is 1420 g/mol. The van der Waals surface area contributed by atoms with Crippen LogP contribution >= 0.6 is 0 Å². The fourth-order valence-corrected chi connectivity index (χ4v) is 10.2. The molecule has 37 nitrogen and oxygen atoms in total. The van der Waals surface area contributed by atoms with Crippen molar-refractivity contribution < 1.29 is 91.6 Å². The summed E-state index contributed by atoms with van der Waals surface area (Å²) in [5, 5.41) is 46.3. The summed E-state index contributed by atoms with van der Waals surface area (Å²) in [5.74, 6) is -16.8. The number of ether oxygens (including phenoxy) is 2. The van der Waals surface area contributed by atoms with Gasteiger partial charge in [0.1, 0.15) is 84.7 Å². The second-order valence-corrected chi connectivity index (χ2v) is 25.1.